The fourth-order valence-corrected chi connectivity index (χ4v) is 2.56. The molecule has 0 amide bonds. The van der Waals surface area contributed by atoms with E-state index in [2.05, 4.69) is 20.6 Å². The smallest absolute Gasteiger partial charge is 0.193 e. The number of unbranched alkanes of at least 4 members (excludes halogenated alkanes) is 1. The molecule has 0 radical (unpaired) electrons. The van der Waals surface area contributed by atoms with Gasteiger partial charge in [-0.1, -0.05) is 18.2 Å². The topological polar surface area (TPSA) is 52.6 Å². The average molecular weight is 357 g/mol. The van der Waals surface area contributed by atoms with Crippen LogP contribution in [0.3, 0.4) is 0 Å². The maximum atomic E-state index is 13.3. The number of rotatable bonds is 9. The number of hydrogen-bond donors (Lipinski definition) is 2. The van der Waals surface area contributed by atoms with Gasteiger partial charge in [0.1, 0.15) is 11.6 Å². The van der Waals surface area contributed by atoms with Crippen molar-refractivity contribution in [2.75, 3.05) is 32.0 Å². The first-order valence-electron chi connectivity index (χ1n) is 9.08. The Bertz CT molecular complexity index is 675. The van der Waals surface area contributed by atoms with Crippen LogP contribution in [0.15, 0.2) is 53.7 Å². The fraction of sp³-hybridized carbons (Fsp3) is 0.400. The number of aliphatic imine (C=N–C) groups is 1. The number of pyridine rings is 1. The summed E-state index contributed by atoms with van der Waals surface area (Å²) >= 11 is 0. The van der Waals surface area contributed by atoms with E-state index in [4.69, 9.17) is 0 Å². The molecule has 140 valence electrons. The summed E-state index contributed by atoms with van der Waals surface area (Å²) in [7, 11) is 1.97. The third kappa shape index (κ3) is 7.09. The molecule has 0 bridgehead atoms. The highest BCUT2D eigenvalue weighted by molar-refractivity contribution is 5.79. The van der Waals surface area contributed by atoms with Crippen molar-refractivity contribution < 1.29 is 4.39 Å². The number of benzene rings is 1. The van der Waals surface area contributed by atoms with Crippen molar-refractivity contribution >= 4 is 11.8 Å². The molecule has 5 nitrogen and oxygen atoms in total. The van der Waals surface area contributed by atoms with Gasteiger partial charge in [0, 0.05) is 39.4 Å². The molecule has 2 aromatic rings. The molecule has 0 aliphatic heterocycles. The normalized spacial score (nSPS) is 11.3. The number of hydrogen-bond acceptors (Lipinski definition) is 3. The van der Waals surface area contributed by atoms with Gasteiger partial charge in [0.15, 0.2) is 5.96 Å². The van der Waals surface area contributed by atoms with Crippen LogP contribution in [0.2, 0.25) is 0 Å². The van der Waals surface area contributed by atoms with Crippen LogP contribution in [0.5, 0.6) is 0 Å². The van der Waals surface area contributed by atoms with Crippen LogP contribution in [0, 0.1) is 5.82 Å². The number of nitrogens with zero attached hydrogens (tertiary/aromatic N) is 3. The monoisotopic (exact) mass is 357 g/mol. The third-order valence-electron chi connectivity index (χ3n) is 3.82. The van der Waals surface area contributed by atoms with Gasteiger partial charge in [-0.25, -0.2) is 9.37 Å². The SMILES string of the molecule is CCNC(=NCCCCNc1ccccn1)N(C)Cc1cccc(F)c1. The van der Waals surface area contributed by atoms with E-state index >= 15 is 0 Å². The first-order valence-corrected chi connectivity index (χ1v) is 9.08. The first kappa shape index (κ1) is 19.7. The molecule has 0 aliphatic rings. The number of halogens is 1. The van der Waals surface area contributed by atoms with Crippen molar-refractivity contribution in [2.45, 2.75) is 26.3 Å². The van der Waals surface area contributed by atoms with E-state index < -0.39 is 0 Å². The Hall–Kier alpha value is -2.63. The van der Waals surface area contributed by atoms with Crippen LogP contribution >= 0.6 is 0 Å². The van der Waals surface area contributed by atoms with E-state index in [-0.39, 0.29) is 5.82 Å². The minimum atomic E-state index is -0.210. The predicted molar refractivity (Wildman–Crippen MR) is 106 cm³/mol. The van der Waals surface area contributed by atoms with Crippen molar-refractivity contribution in [2.24, 2.45) is 4.99 Å². The van der Waals surface area contributed by atoms with Gasteiger partial charge in [-0.05, 0) is 49.6 Å². The Balaban J connectivity index is 1.76. The van der Waals surface area contributed by atoms with Crippen LogP contribution in [-0.4, -0.2) is 42.5 Å². The predicted octanol–water partition coefficient (Wildman–Crippen LogP) is 3.51. The lowest BCUT2D eigenvalue weighted by Gasteiger charge is -2.22. The molecule has 2 N–H and O–H groups in total. The highest BCUT2D eigenvalue weighted by Gasteiger charge is 2.06. The molecule has 0 aliphatic carbocycles. The molecule has 1 aromatic heterocycles. The molecule has 6 heteroatoms. The van der Waals surface area contributed by atoms with E-state index in [1.807, 2.05) is 43.1 Å². The minimum absolute atomic E-state index is 0.210. The lowest BCUT2D eigenvalue weighted by Crippen LogP contribution is -2.38. The Morgan fingerprint density at radius 2 is 2.08 bits per heavy atom. The Morgan fingerprint density at radius 1 is 1.19 bits per heavy atom. The highest BCUT2D eigenvalue weighted by Crippen LogP contribution is 2.07. The summed E-state index contributed by atoms with van der Waals surface area (Å²) in [6.07, 6.45) is 3.79. The Kier molecular flexibility index (Phi) is 8.39. The maximum Gasteiger partial charge on any atom is 0.193 e. The second-order valence-corrected chi connectivity index (χ2v) is 6.07. The average Bonchev–Trinajstić information content (AvgIpc) is 2.64. The fourth-order valence-electron chi connectivity index (χ4n) is 2.56. The summed E-state index contributed by atoms with van der Waals surface area (Å²) in [4.78, 5) is 10.9. The minimum Gasteiger partial charge on any atom is -0.370 e. The van der Waals surface area contributed by atoms with Gasteiger partial charge in [0.05, 0.1) is 0 Å². The second-order valence-electron chi connectivity index (χ2n) is 6.07. The maximum absolute atomic E-state index is 13.3. The van der Waals surface area contributed by atoms with Gasteiger partial charge >= 0.3 is 0 Å². The van der Waals surface area contributed by atoms with Gasteiger partial charge in [0.25, 0.3) is 0 Å². The second kappa shape index (κ2) is 11.1. The van der Waals surface area contributed by atoms with Crippen molar-refractivity contribution in [3.63, 3.8) is 0 Å². The van der Waals surface area contributed by atoms with E-state index in [1.54, 1.807) is 18.3 Å². The standard InChI is InChI=1S/C20H28FN5/c1-3-22-20(26(2)16-17-9-8-10-18(21)15-17)25-14-7-6-13-24-19-11-4-5-12-23-19/h4-5,8-12,15H,3,6-7,13-14,16H2,1-2H3,(H,22,25)(H,23,24). The molecular formula is C20H28FN5. The third-order valence-corrected chi connectivity index (χ3v) is 3.82. The van der Waals surface area contributed by atoms with Gasteiger partial charge in [0.2, 0.25) is 0 Å². The van der Waals surface area contributed by atoms with Crippen LogP contribution in [0.1, 0.15) is 25.3 Å². The Morgan fingerprint density at radius 3 is 2.81 bits per heavy atom. The number of anilines is 1. The summed E-state index contributed by atoms with van der Waals surface area (Å²) in [5.74, 6) is 1.53. The molecule has 1 aromatic carbocycles. The zero-order chi connectivity index (χ0) is 18.6. The molecule has 0 atom stereocenters. The molecule has 0 unspecified atom stereocenters. The lowest BCUT2D eigenvalue weighted by atomic mass is 10.2. The van der Waals surface area contributed by atoms with Crippen LogP contribution < -0.4 is 10.6 Å². The molecule has 0 fully saturated rings. The van der Waals surface area contributed by atoms with E-state index in [9.17, 15) is 4.39 Å². The largest absolute Gasteiger partial charge is 0.370 e. The van der Waals surface area contributed by atoms with Gasteiger partial charge in [-0.2, -0.15) is 0 Å². The molecule has 0 saturated carbocycles. The summed E-state index contributed by atoms with van der Waals surface area (Å²) in [6, 6.07) is 12.5. The number of nitrogens with one attached hydrogen (secondary N) is 2. The number of guanidine groups is 1. The van der Waals surface area contributed by atoms with Crippen molar-refractivity contribution in [1.82, 2.24) is 15.2 Å². The van der Waals surface area contributed by atoms with E-state index in [1.165, 1.54) is 6.07 Å². The summed E-state index contributed by atoms with van der Waals surface area (Å²) in [6.45, 7) is 5.09. The van der Waals surface area contributed by atoms with Crippen LogP contribution in [0.4, 0.5) is 10.2 Å². The lowest BCUT2D eigenvalue weighted by molar-refractivity contribution is 0.474. The molecule has 1 heterocycles. The highest BCUT2D eigenvalue weighted by atomic mass is 19.1. The van der Waals surface area contributed by atoms with Gasteiger partial charge in [-0.3, -0.25) is 4.99 Å². The van der Waals surface area contributed by atoms with E-state index in [0.29, 0.717) is 6.54 Å². The van der Waals surface area contributed by atoms with E-state index in [0.717, 1.165) is 49.8 Å². The summed E-state index contributed by atoms with van der Waals surface area (Å²) < 4.78 is 13.3. The molecule has 26 heavy (non-hydrogen) atoms. The van der Waals surface area contributed by atoms with Gasteiger partial charge < -0.3 is 15.5 Å². The molecule has 0 spiro atoms. The Labute approximate surface area is 155 Å². The molecular weight excluding hydrogens is 329 g/mol. The van der Waals surface area contributed by atoms with Crippen molar-refractivity contribution in [3.8, 4) is 0 Å². The summed E-state index contributed by atoms with van der Waals surface area (Å²) in [5, 5.41) is 6.59. The first-order chi connectivity index (χ1) is 12.7. The van der Waals surface area contributed by atoms with Crippen LogP contribution in [0.25, 0.3) is 0 Å². The number of aromatic nitrogens is 1. The van der Waals surface area contributed by atoms with Crippen molar-refractivity contribution in [1.29, 1.82) is 0 Å². The van der Waals surface area contributed by atoms with Crippen LogP contribution in [-0.2, 0) is 6.54 Å². The molecule has 0 saturated heterocycles. The quantitative estimate of drug-likeness (QED) is 0.410. The molecule has 2 rings (SSSR count). The van der Waals surface area contributed by atoms with Crippen molar-refractivity contribution in [3.05, 3.63) is 60.0 Å². The summed E-state index contributed by atoms with van der Waals surface area (Å²) in [5.41, 5.74) is 0.928. The van der Waals surface area contributed by atoms with Gasteiger partial charge in [-0.15, -0.1) is 0 Å². The zero-order valence-electron chi connectivity index (χ0n) is 15.6. The zero-order valence-corrected chi connectivity index (χ0v) is 15.6.